The molecule has 0 unspecified atom stereocenters. The number of nitrogens with zero attached hydrogens (tertiary/aromatic N) is 1. The topological polar surface area (TPSA) is 74.7 Å². The van der Waals surface area contributed by atoms with Crippen molar-refractivity contribution in [3.63, 3.8) is 0 Å². The minimum atomic E-state index is -1.60. The number of imide groups is 1. The van der Waals surface area contributed by atoms with Crippen molar-refractivity contribution in [1.82, 2.24) is 0 Å². The Balaban J connectivity index is 1.68. The summed E-state index contributed by atoms with van der Waals surface area (Å²) in [5.41, 5.74) is 1.73. The second kappa shape index (κ2) is 6.14. The molecule has 0 saturated carbocycles. The maximum Gasteiger partial charge on any atom is 0.319 e. The molecule has 0 radical (unpaired) electrons. The number of carboxylic acid groups (broad SMARTS) is 1. The zero-order valence-corrected chi connectivity index (χ0v) is 17.7. The van der Waals surface area contributed by atoms with Crippen molar-refractivity contribution in [2.45, 2.75) is 11.3 Å². The number of halogens is 1. The molecule has 0 aromatic heterocycles. The first-order valence-corrected chi connectivity index (χ1v) is 10.8. The monoisotopic (exact) mass is 473 g/mol. The molecule has 3 aliphatic carbocycles. The molecule has 4 aliphatic rings. The van der Waals surface area contributed by atoms with Gasteiger partial charge in [-0.1, -0.05) is 70.5 Å². The molecule has 1 N–H and O–H groups in total. The van der Waals surface area contributed by atoms with Crippen LogP contribution in [0.5, 0.6) is 0 Å². The van der Waals surface area contributed by atoms with Crippen LogP contribution in [0.3, 0.4) is 0 Å². The van der Waals surface area contributed by atoms with Crippen LogP contribution in [-0.2, 0) is 19.8 Å². The Labute approximate surface area is 186 Å². The highest BCUT2D eigenvalue weighted by Crippen LogP contribution is 2.64. The van der Waals surface area contributed by atoms with Crippen LogP contribution in [0.25, 0.3) is 0 Å². The zero-order chi connectivity index (χ0) is 21.5. The van der Waals surface area contributed by atoms with Gasteiger partial charge in [0.15, 0.2) is 0 Å². The molecule has 3 aromatic rings. The second-order valence-electron chi connectivity index (χ2n) is 8.26. The summed E-state index contributed by atoms with van der Waals surface area (Å²) in [5.74, 6) is -4.00. The van der Waals surface area contributed by atoms with Crippen molar-refractivity contribution >= 4 is 39.4 Å². The van der Waals surface area contributed by atoms with Crippen molar-refractivity contribution in [1.29, 1.82) is 0 Å². The molecule has 3 aromatic carbocycles. The second-order valence-corrected chi connectivity index (χ2v) is 9.18. The predicted octanol–water partition coefficient (Wildman–Crippen LogP) is 4.08. The van der Waals surface area contributed by atoms with Gasteiger partial charge in [-0.25, -0.2) is 4.90 Å². The van der Waals surface area contributed by atoms with Crippen LogP contribution in [0, 0.1) is 11.8 Å². The van der Waals surface area contributed by atoms with E-state index in [1.165, 1.54) is 4.90 Å². The molecule has 1 aliphatic heterocycles. The highest BCUT2D eigenvalue weighted by molar-refractivity contribution is 9.10. The molecule has 1 fully saturated rings. The molecule has 152 valence electrons. The Kier molecular flexibility index (Phi) is 3.67. The fourth-order valence-corrected chi connectivity index (χ4v) is 6.39. The van der Waals surface area contributed by atoms with Crippen LogP contribution >= 0.6 is 15.9 Å². The van der Waals surface area contributed by atoms with Crippen molar-refractivity contribution in [2.75, 3.05) is 4.90 Å². The number of aliphatic carboxylic acids is 1. The first-order valence-electron chi connectivity index (χ1n) is 10.0. The maximum absolute atomic E-state index is 13.8. The quantitative estimate of drug-likeness (QED) is 0.568. The van der Waals surface area contributed by atoms with Crippen molar-refractivity contribution in [3.8, 4) is 0 Å². The summed E-state index contributed by atoms with van der Waals surface area (Å²) in [6, 6.07) is 21.7. The highest BCUT2D eigenvalue weighted by atomic mass is 79.9. The van der Waals surface area contributed by atoms with E-state index in [2.05, 4.69) is 15.9 Å². The fourth-order valence-electron chi connectivity index (χ4n) is 6.00. The van der Waals surface area contributed by atoms with Crippen LogP contribution in [0.1, 0.15) is 28.2 Å². The Bertz CT molecular complexity index is 1270. The summed E-state index contributed by atoms with van der Waals surface area (Å²) in [5, 5.41) is 10.7. The van der Waals surface area contributed by atoms with Gasteiger partial charge in [-0.2, -0.15) is 0 Å². The number of rotatable bonds is 2. The average molecular weight is 474 g/mol. The van der Waals surface area contributed by atoms with Crippen LogP contribution in [0.2, 0.25) is 0 Å². The van der Waals surface area contributed by atoms with Gasteiger partial charge in [-0.05, 0) is 40.5 Å². The molecule has 6 heteroatoms. The predicted molar refractivity (Wildman–Crippen MR) is 117 cm³/mol. The normalized spacial score (nSPS) is 27.6. The van der Waals surface area contributed by atoms with E-state index in [1.807, 2.05) is 30.3 Å². The number of hydrogen-bond donors (Lipinski definition) is 1. The summed E-state index contributed by atoms with van der Waals surface area (Å²) in [6.45, 7) is 0. The lowest BCUT2D eigenvalue weighted by atomic mass is 9.47. The molecule has 5 nitrogen and oxygen atoms in total. The van der Waals surface area contributed by atoms with Gasteiger partial charge in [-0.15, -0.1) is 0 Å². The van der Waals surface area contributed by atoms with Gasteiger partial charge in [0.05, 0.1) is 17.5 Å². The largest absolute Gasteiger partial charge is 0.480 e. The van der Waals surface area contributed by atoms with E-state index in [1.54, 1.807) is 42.5 Å². The summed E-state index contributed by atoms with van der Waals surface area (Å²) in [6.07, 6.45) is 0. The van der Waals surface area contributed by atoms with Gasteiger partial charge in [0.25, 0.3) is 0 Å². The molecule has 2 atom stereocenters. The van der Waals surface area contributed by atoms with E-state index in [-0.39, 0.29) is 11.8 Å². The first kappa shape index (κ1) is 18.5. The number of carbonyl (C=O) groups excluding carboxylic acids is 2. The van der Waals surface area contributed by atoms with E-state index in [4.69, 9.17) is 0 Å². The van der Waals surface area contributed by atoms with Crippen LogP contribution in [0.4, 0.5) is 5.69 Å². The third-order valence-corrected chi connectivity index (χ3v) is 7.52. The summed E-state index contributed by atoms with van der Waals surface area (Å²) in [7, 11) is 0. The lowest BCUT2D eigenvalue weighted by molar-refractivity contribution is -0.149. The van der Waals surface area contributed by atoms with E-state index in [0.717, 1.165) is 15.6 Å². The average Bonchev–Trinajstić information content (AvgIpc) is 3.04. The highest BCUT2D eigenvalue weighted by Gasteiger charge is 2.71. The maximum atomic E-state index is 13.8. The SMILES string of the molecule is O=C1[C@H]2C3c4ccccc4C(C(=O)O)(c4ccccc43)[C@H]2C(=O)N1c1cccc(Br)c1. The number of anilines is 1. The number of benzene rings is 3. The van der Waals surface area contributed by atoms with Gasteiger partial charge < -0.3 is 5.11 Å². The number of carbonyl (C=O) groups is 3. The molecule has 1 heterocycles. The van der Waals surface area contributed by atoms with E-state index < -0.39 is 29.1 Å². The number of amides is 2. The van der Waals surface area contributed by atoms with E-state index >= 15 is 0 Å². The Hall–Kier alpha value is -3.25. The molecule has 31 heavy (non-hydrogen) atoms. The lowest BCUT2D eigenvalue weighted by Crippen LogP contribution is -2.57. The van der Waals surface area contributed by atoms with Gasteiger partial charge in [-0.3, -0.25) is 14.4 Å². The molecule has 7 rings (SSSR count). The Morgan fingerprint density at radius 3 is 2.06 bits per heavy atom. The standard InChI is InChI=1S/C25H16BrNO4/c26-13-6-5-7-14(12-13)27-22(28)20-19-15-8-1-3-10-17(15)25(24(30)31,21(20)23(27)29)18-11-4-2-9-16(18)19/h1-12,19-21H,(H,30,31)/t19?,20-,21+,25?/m0/s1. The molecular formula is C25H16BrNO4. The number of carboxylic acids is 1. The third kappa shape index (κ3) is 2.08. The van der Waals surface area contributed by atoms with Crippen LogP contribution < -0.4 is 4.90 Å². The van der Waals surface area contributed by atoms with Crippen molar-refractivity contribution < 1.29 is 19.5 Å². The smallest absolute Gasteiger partial charge is 0.319 e. The van der Waals surface area contributed by atoms with Crippen LogP contribution in [0.15, 0.2) is 77.3 Å². The van der Waals surface area contributed by atoms with Gasteiger partial charge >= 0.3 is 5.97 Å². The first-order chi connectivity index (χ1) is 15.0. The zero-order valence-electron chi connectivity index (χ0n) is 16.2. The molecular weight excluding hydrogens is 458 g/mol. The fraction of sp³-hybridized carbons (Fsp3) is 0.160. The molecule has 0 spiro atoms. The Morgan fingerprint density at radius 1 is 0.871 bits per heavy atom. The van der Waals surface area contributed by atoms with E-state index in [0.29, 0.717) is 16.8 Å². The molecule has 1 saturated heterocycles. The van der Waals surface area contributed by atoms with E-state index in [9.17, 15) is 19.5 Å². The minimum absolute atomic E-state index is 0.340. The summed E-state index contributed by atoms with van der Waals surface area (Å²) < 4.78 is 0.739. The lowest BCUT2D eigenvalue weighted by Gasteiger charge is -2.51. The van der Waals surface area contributed by atoms with Crippen molar-refractivity contribution in [2.24, 2.45) is 11.8 Å². The van der Waals surface area contributed by atoms with Gasteiger partial charge in [0.1, 0.15) is 5.41 Å². The Morgan fingerprint density at radius 2 is 1.48 bits per heavy atom. The molecule has 2 amide bonds. The van der Waals surface area contributed by atoms with Crippen molar-refractivity contribution in [3.05, 3.63) is 99.5 Å². The summed E-state index contributed by atoms with van der Waals surface area (Å²) >= 11 is 3.40. The van der Waals surface area contributed by atoms with Gasteiger partial charge in [0.2, 0.25) is 11.8 Å². The summed E-state index contributed by atoms with van der Waals surface area (Å²) in [4.78, 5) is 41.8. The van der Waals surface area contributed by atoms with Gasteiger partial charge in [0, 0.05) is 10.4 Å². The third-order valence-electron chi connectivity index (χ3n) is 7.02. The van der Waals surface area contributed by atoms with Crippen LogP contribution in [-0.4, -0.2) is 22.9 Å². The minimum Gasteiger partial charge on any atom is -0.480 e. The number of hydrogen-bond acceptors (Lipinski definition) is 3. The molecule has 2 bridgehead atoms.